The molecule has 1 heterocycles. The van der Waals surface area contributed by atoms with Crippen LogP contribution in [0.15, 0.2) is 39.5 Å². The van der Waals surface area contributed by atoms with Crippen LogP contribution in [-0.2, 0) is 10.0 Å². The number of sulfonamides is 1. The number of rotatable bonds is 9. The summed E-state index contributed by atoms with van der Waals surface area (Å²) in [5, 5.41) is 6.17. The van der Waals surface area contributed by atoms with Crippen molar-refractivity contribution >= 4 is 68.6 Å². The Labute approximate surface area is 197 Å². The summed E-state index contributed by atoms with van der Waals surface area (Å²) >= 11 is 6.80. The lowest BCUT2D eigenvalue weighted by atomic mass is 10.2. The number of halogens is 2. The molecule has 0 saturated carbocycles. The average Bonchev–Trinajstić information content (AvgIpc) is 3.12. The van der Waals surface area contributed by atoms with Crippen LogP contribution in [0.2, 0.25) is 4.34 Å². The molecule has 0 spiro atoms. The van der Waals surface area contributed by atoms with E-state index in [1.54, 1.807) is 32.4 Å². The lowest BCUT2D eigenvalue weighted by Gasteiger charge is -2.15. The Morgan fingerprint density at radius 1 is 1.21 bits per heavy atom. The van der Waals surface area contributed by atoms with Gasteiger partial charge in [0.05, 0.1) is 18.1 Å². The quantitative estimate of drug-likeness (QED) is 0.184. The summed E-state index contributed by atoms with van der Waals surface area (Å²) in [5.74, 6) is 1.75. The topological polar surface area (TPSA) is 101 Å². The number of hydrogen-bond donors (Lipinski definition) is 3. The molecule has 0 aliphatic rings. The molecule has 0 atom stereocenters. The number of methoxy groups -OCH3 is 1. The highest BCUT2D eigenvalue weighted by Crippen LogP contribution is 2.30. The van der Waals surface area contributed by atoms with Gasteiger partial charge in [-0.1, -0.05) is 11.6 Å². The van der Waals surface area contributed by atoms with E-state index in [0.29, 0.717) is 34.9 Å². The largest absolute Gasteiger partial charge is 0.493 e. The van der Waals surface area contributed by atoms with Crippen LogP contribution in [0.4, 0.5) is 5.69 Å². The second kappa shape index (κ2) is 12.4. The zero-order valence-electron chi connectivity index (χ0n) is 16.2. The molecular weight excluding hydrogens is 551 g/mol. The van der Waals surface area contributed by atoms with Gasteiger partial charge < -0.3 is 20.1 Å². The standard InChI is InChI=1S/C17H23ClN4O4S2.HI/c1-4-26-14-11-12(5-6-13(14)25-3)22-17(19-2)20-9-10-21-28(23,24)16-8-7-15(18)27-16;/h5-8,11,21H,4,9-10H2,1-3H3,(H2,19,20,22);1H. The van der Waals surface area contributed by atoms with E-state index >= 15 is 0 Å². The number of hydrogen-bond acceptors (Lipinski definition) is 6. The molecular formula is C17H24ClIN4O4S2. The Balaban J connectivity index is 0.00000420. The molecule has 1 aromatic heterocycles. The third kappa shape index (κ3) is 7.81. The highest BCUT2D eigenvalue weighted by molar-refractivity contribution is 14.0. The van der Waals surface area contributed by atoms with E-state index in [-0.39, 0.29) is 34.7 Å². The summed E-state index contributed by atoms with van der Waals surface area (Å²) in [6.45, 7) is 2.94. The molecule has 0 unspecified atom stereocenters. The van der Waals surface area contributed by atoms with E-state index in [1.807, 2.05) is 13.0 Å². The van der Waals surface area contributed by atoms with E-state index in [9.17, 15) is 8.42 Å². The van der Waals surface area contributed by atoms with Crippen molar-refractivity contribution in [3.05, 3.63) is 34.7 Å². The first-order valence-electron chi connectivity index (χ1n) is 8.43. The average molecular weight is 575 g/mol. The zero-order chi connectivity index (χ0) is 20.6. The minimum Gasteiger partial charge on any atom is -0.493 e. The second-order valence-electron chi connectivity index (χ2n) is 5.38. The molecule has 3 N–H and O–H groups in total. The number of aliphatic imine (C=N–C) groups is 1. The van der Waals surface area contributed by atoms with Crippen LogP contribution >= 0.6 is 46.9 Å². The van der Waals surface area contributed by atoms with Crippen molar-refractivity contribution in [2.75, 3.05) is 39.2 Å². The fourth-order valence-corrected chi connectivity index (χ4v) is 4.78. The normalized spacial score (nSPS) is 11.5. The van der Waals surface area contributed by atoms with Crippen LogP contribution in [0.3, 0.4) is 0 Å². The van der Waals surface area contributed by atoms with Crippen molar-refractivity contribution in [2.45, 2.75) is 11.1 Å². The summed E-state index contributed by atoms with van der Waals surface area (Å²) in [7, 11) is -0.364. The second-order valence-corrected chi connectivity index (χ2v) is 9.09. The Morgan fingerprint density at radius 3 is 2.55 bits per heavy atom. The molecule has 0 radical (unpaired) electrons. The molecule has 1 aromatic carbocycles. The summed E-state index contributed by atoms with van der Waals surface area (Å²) in [5.41, 5.74) is 0.756. The number of thiophene rings is 1. The summed E-state index contributed by atoms with van der Waals surface area (Å²) < 4.78 is 38.2. The number of guanidine groups is 1. The molecule has 29 heavy (non-hydrogen) atoms. The van der Waals surface area contributed by atoms with Crippen molar-refractivity contribution < 1.29 is 17.9 Å². The highest BCUT2D eigenvalue weighted by atomic mass is 127. The summed E-state index contributed by atoms with van der Waals surface area (Å²) in [6.07, 6.45) is 0. The van der Waals surface area contributed by atoms with Gasteiger partial charge in [0.25, 0.3) is 0 Å². The van der Waals surface area contributed by atoms with Crippen molar-refractivity contribution in [3.63, 3.8) is 0 Å². The van der Waals surface area contributed by atoms with Gasteiger partial charge in [0.2, 0.25) is 10.0 Å². The number of benzene rings is 1. The van der Waals surface area contributed by atoms with Crippen LogP contribution < -0.4 is 24.8 Å². The van der Waals surface area contributed by atoms with E-state index in [0.717, 1.165) is 17.0 Å². The van der Waals surface area contributed by atoms with E-state index < -0.39 is 10.0 Å². The predicted octanol–water partition coefficient (Wildman–Crippen LogP) is 3.39. The molecule has 0 amide bonds. The predicted molar refractivity (Wildman–Crippen MR) is 129 cm³/mol. The molecule has 0 aliphatic carbocycles. The van der Waals surface area contributed by atoms with Gasteiger partial charge in [-0.2, -0.15) is 0 Å². The maximum absolute atomic E-state index is 12.2. The van der Waals surface area contributed by atoms with E-state index in [2.05, 4.69) is 20.3 Å². The van der Waals surface area contributed by atoms with Gasteiger partial charge in [-0.3, -0.25) is 4.99 Å². The zero-order valence-corrected chi connectivity index (χ0v) is 20.9. The van der Waals surface area contributed by atoms with Crippen LogP contribution in [0.25, 0.3) is 0 Å². The monoisotopic (exact) mass is 574 g/mol. The van der Waals surface area contributed by atoms with Gasteiger partial charge in [-0.05, 0) is 31.2 Å². The van der Waals surface area contributed by atoms with Gasteiger partial charge >= 0.3 is 0 Å². The number of ether oxygens (including phenoxy) is 2. The molecule has 0 bridgehead atoms. The minimum absolute atomic E-state index is 0. The van der Waals surface area contributed by atoms with Crippen molar-refractivity contribution in [3.8, 4) is 11.5 Å². The smallest absolute Gasteiger partial charge is 0.250 e. The Bertz CT molecular complexity index is 922. The van der Waals surface area contributed by atoms with Crippen LogP contribution in [0.1, 0.15) is 6.92 Å². The van der Waals surface area contributed by atoms with Gasteiger partial charge in [-0.15, -0.1) is 35.3 Å². The van der Waals surface area contributed by atoms with Gasteiger partial charge in [0.1, 0.15) is 4.21 Å². The lowest BCUT2D eigenvalue weighted by molar-refractivity contribution is 0.311. The minimum atomic E-state index is -3.57. The highest BCUT2D eigenvalue weighted by Gasteiger charge is 2.15. The van der Waals surface area contributed by atoms with Crippen LogP contribution in [-0.4, -0.2) is 48.2 Å². The number of nitrogens with one attached hydrogen (secondary N) is 3. The Hall–Kier alpha value is -1.28. The molecule has 0 fully saturated rings. The molecule has 12 heteroatoms. The number of nitrogens with zero attached hydrogens (tertiary/aromatic N) is 1. The van der Waals surface area contributed by atoms with Crippen LogP contribution in [0, 0.1) is 0 Å². The van der Waals surface area contributed by atoms with E-state index in [4.69, 9.17) is 21.1 Å². The molecule has 2 rings (SSSR count). The van der Waals surface area contributed by atoms with Gasteiger partial charge in [0.15, 0.2) is 17.5 Å². The fourth-order valence-electron chi connectivity index (χ4n) is 2.22. The summed E-state index contributed by atoms with van der Waals surface area (Å²) in [4.78, 5) is 4.13. The first kappa shape index (κ1) is 25.8. The first-order chi connectivity index (χ1) is 13.4. The lowest BCUT2D eigenvalue weighted by Crippen LogP contribution is -2.37. The van der Waals surface area contributed by atoms with Crippen LogP contribution in [0.5, 0.6) is 11.5 Å². The number of anilines is 1. The third-order valence-electron chi connectivity index (χ3n) is 3.47. The molecule has 8 nitrogen and oxygen atoms in total. The third-order valence-corrected chi connectivity index (χ3v) is 6.66. The fraction of sp³-hybridized carbons (Fsp3) is 0.353. The SMILES string of the molecule is CCOc1cc(NC(=NC)NCCNS(=O)(=O)c2ccc(Cl)s2)ccc1OC.I. The van der Waals surface area contributed by atoms with Crippen molar-refractivity contribution in [1.82, 2.24) is 10.0 Å². The molecule has 2 aromatic rings. The molecule has 0 saturated heterocycles. The summed E-state index contributed by atoms with van der Waals surface area (Å²) in [6, 6.07) is 8.45. The maximum Gasteiger partial charge on any atom is 0.250 e. The van der Waals surface area contributed by atoms with Crippen molar-refractivity contribution in [2.24, 2.45) is 4.99 Å². The van der Waals surface area contributed by atoms with E-state index in [1.165, 1.54) is 6.07 Å². The maximum atomic E-state index is 12.2. The first-order valence-corrected chi connectivity index (χ1v) is 11.1. The van der Waals surface area contributed by atoms with Crippen molar-refractivity contribution in [1.29, 1.82) is 0 Å². The molecule has 0 aliphatic heterocycles. The molecule has 162 valence electrons. The van der Waals surface area contributed by atoms with Gasteiger partial charge in [-0.25, -0.2) is 13.1 Å². The Kier molecular flexibility index (Phi) is 11.0. The van der Waals surface area contributed by atoms with Gasteiger partial charge in [0, 0.05) is 31.9 Å². The Morgan fingerprint density at radius 2 is 1.97 bits per heavy atom.